The first-order valence-electron chi connectivity index (χ1n) is 6.76. The molecule has 21 heavy (non-hydrogen) atoms. The summed E-state index contributed by atoms with van der Waals surface area (Å²) in [7, 11) is 0. The second-order valence-corrected chi connectivity index (χ2v) is 5.99. The lowest BCUT2D eigenvalue weighted by Crippen LogP contribution is -2.12. The number of hydrogen-bond donors (Lipinski definition) is 1. The minimum Gasteiger partial charge on any atom is -0.326 e. The number of anilines is 1. The molecule has 0 unspecified atom stereocenters. The van der Waals surface area contributed by atoms with Crippen molar-refractivity contribution in [3.05, 3.63) is 63.1 Å². The summed E-state index contributed by atoms with van der Waals surface area (Å²) in [5.41, 5.74) is 4.11. The SMILES string of the molecule is Cc1cc(C)cc(NC(=O)CCc2ccc(Cl)c(Cl)c2)c1. The molecule has 0 aromatic heterocycles. The zero-order valence-electron chi connectivity index (χ0n) is 12.0. The Bertz CT molecular complexity index is 648. The van der Waals surface area contributed by atoms with Crippen molar-refractivity contribution in [3.8, 4) is 0 Å². The van der Waals surface area contributed by atoms with Crippen molar-refractivity contribution in [2.45, 2.75) is 26.7 Å². The van der Waals surface area contributed by atoms with Crippen LogP contribution in [0.2, 0.25) is 10.0 Å². The van der Waals surface area contributed by atoms with Gasteiger partial charge in [-0.2, -0.15) is 0 Å². The van der Waals surface area contributed by atoms with Crippen molar-refractivity contribution < 1.29 is 4.79 Å². The lowest BCUT2D eigenvalue weighted by Gasteiger charge is -2.08. The second-order valence-electron chi connectivity index (χ2n) is 5.17. The van der Waals surface area contributed by atoms with Crippen molar-refractivity contribution in [2.24, 2.45) is 0 Å². The van der Waals surface area contributed by atoms with Crippen LogP contribution in [0.3, 0.4) is 0 Å². The third-order valence-electron chi connectivity index (χ3n) is 3.13. The van der Waals surface area contributed by atoms with E-state index in [0.717, 1.165) is 22.4 Å². The summed E-state index contributed by atoms with van der Waals surface area (Å²) in [4.78, 5) is 12.0. The molecular weight excluding hydrogens is 305 g/mol. The first-order valence-corrected chi connectivity index (χ1v) is 7.52. The van der Waals surface area contributed by atoms with Crippen LogP contribution in [0.15, 0.2) is 36.4 Å². The van der Waals surface area contributed by atoms with E-state index >= 15 is 0 Å². The fourth-order valence-electron chi connectivity index (χ4n) is 2.22. The highest BCUT2D eigenvalue weighted by Crippen LogP contribution is 2.23. The molecule has 0 aliphatic rings. The molecule has 2 rings (SSSR count). The monoisotopic (exact) mass is 321 g/mol. The van der Waals surface area contributed by atoms with Crippen molar-refractivity contribution in [1.82, 2.24) is 0 Å². The minimum atomic E-state index is -0.00827. The number of nitrogens with one attached hydrogen (secondary N) is 1. The van der Waals surface area contributed by atoms with Gasteiger partial charge >= 0.3 is 0 Å². The second kappa shape index (κ2) is 6.97. The van der Waals surface area contributed by atoms with Crippen LogP contribution in [0.4, 0.5) is 5.69 Å². The molecule has 2 aromatic rings. The average molecular weight is 322 g/mol. The first-order chi connectivity index (χ1) is 9.94. The quantitative estimate of drug-likeness (QED) is 0.825. The van der Waals surface area contributed by atoms with E-state index in [1.54, 1.807) is 12.1 Å². The van der Waals surface area contributed by atoms with Crippen LogP contribution in [-0.2, 0) is 11.2 Å². The maximum Gasteiger partial charge on any atom is 0.224 e. The van der Waals surface area contributed by atoms with E-state index in [2.05, 4.69) is 11.4 Å². The highest BCUT2D eigenvalue weighted by molar-refractivity contribution is 6.42. The number of carbonyl (C=O) groups excluding carboxylic acids is 1. The lowest BCUT2D eigenvalue weighted by molar-refractivity contribution is -0.116. The maximum absolute atomic E-state index is 12.0. The molecule has 0 fully saturated rings. The molecule has 2 aromatic carbocycles. The molecular formula is C17H17Cl2NO. The summed E-state index contributed by atoms with van der Waals surface area (Å²) < 4.78 is 0. The highest BCUT2D eigenvalue weighted by Gasteiger charge is 2.05. The molecule has 110 valence electrons. The first kappa shape index (κ1) is 15.9. The smallest absolute Gasteiger partial charge is 0.224 e. The maximum atomic E-state index is 12.0. The Morgan fingerprint density at radius 1 is 1.00 bits per heavy atom. The van der Waals surface area contributed by atoms with Crippen molar-refractivity contribution >= 4 is 34.8 Å². The van der Waals surface area contributed by atoms with Crippen LogP contribution < -0.4 is 5.32 Å². The predicted octanol–water partition coefficient (Wildman–Crippen LogP) is 5.18. The third kappa shape index (κ3) is 4.76. The van der Waals surface area contributed by atoms with Crippen LogP contribution in [-0.4, -0.2) is 5.91 Å². The number of halogens is 2. The van der Waals surface area contributed by atoms with Gasteiger partial charge in [0.1, 0.15) is 0 Å². The number of aryl methyl sites for hydroxylation is 3. The Kier molecular flexibility index (Phi) is 5.27. The van der Waals surface area contributed by atoms with Gasteiger partial charge < -0.3 is 5.32 Å². The normalized spacial score (nSPS) is 10.5. The van der Waals surface area contributed by atoms with Gasteiger partial charge in [-0.1, -0.05) is 35.3 Å². The third-order valence-corrected chi connectivity index (χ3v) is 3.87. The van der Waals surface area contributed by atoms with Crippen LogP contribution >= 0.6 is 23.2 Å². The van der Waals surface area contributed by atoms with Crippen LogP contribution in [0.1, 0.15) is 23.1 Å². The van der Waals surface area contributed by atoms with Crippen LogP contribution in [0.25, 0.3) is 0 Å². The van der Waals surface area contributed by atoms with E-state index in [0.29, 0.717) is 22.9 Å². The zero-order valence-corrected chi connectivity index (χ0v) is 13.6. The lowest BCUT2D eigenvalue weighted by atomic mass is 10.1. The molecule has 0 saturated heterocycles. The van der Waals surface area contributed by atoms with E-state index in [1.807, 2.05) is 32.0 Å². The topological polar surface area (TPSA) is 29.1 Å². The fourth-order valence-corrected chi connectivity index (χ4v) is 2.54. The number of hydrogen-bond acceptors (Lipinski definition) is 1. The average Bonchev–Trinajstić information content (AvgIpc) is 2.39. The molecule has 0 heterocycles. The van der Waals surface area contributed by atoms with E-state index in [-0.39, 0.29) is 5.91 Å². The van der Waals surface area contributed by atoms with Crippen LogP contribution in [0.5, 0.6) is 0 Å². The van der Waals surface area contributed by atoms with E-state index in [9.17, 15) is 4.79 Å². The van der Waals surface area contributed by atoms with Gasteiger partial charge in [-0.25, -0.2) is 0 Å². The summed E-state index contributed by atoms with van der Waals surface area (Å²) >= 11 is 11.8. The van der Waals surface area contributed by atoms with E-state index in [1.165, 1.54) is 0 Å². The zero-order chi connectivity index (χ0) is 15.4. The number of carbonyl (C=O) groups is 1. The summed E-state index contributed by atoms with van der Waals surface area (Å²) in [6.07, 6.45) is 1.04. The minimum absolute atomic E-state index is 0.00827. The van der Waals surface area contributed by atoms with E-state index < -0.39 is 0 Å². The van der Waals surface area contributed by atoms with Crippen molar-refractivity contribution in [3.63, 3.8) is 0 Å². The highest BCUT2D eigenvalue weighted by atomic mass is 35.5. The molecule has 0 saturated carbocycles. The van der Waals surface area contributed by atoms with Crippen molar-refractivity contribution in [2.75, 3.05) is 5.32 Å². The summed E-state index contributed by atoms with van der Waals surface area (Å²) in [5.74, 6) is -0.00827. The molecule has 4 heteroatoms. The van der Waals surface area contributed by atoms with E-state index in [4.69, 9.17) is 23.2 Å². The van der Waals surface area contributed by atoms with Gasteiger partial charge in [-0.05, 0) is 61.2 Å². The van der Waals surface area contributed by atoms with Gasteiger partial charge in [0.2, 0.25) is 5.91 Å². The molecule has 0 atom stereocenters. The Morgan fingerprint density at radius 2 is 1.67 bits per heavy atom. The molecule has 2 nitrogen and oxygen atoms in total. The fraction of sp³-hybridized carbons (Fsp3) is 0.235. The standard InChI is InChI=1S/C17H17Cl2NO/c1-11-7-12(2)9-14(8-11)20-17(21)6-4-13-3-5-15(18)16(19)10-13/h3,5,7-10H,4,6H2,1-2H3,(H,20,21). The molecule has 0 aliphatic heterocycles. The summed E-state index contributed by atoms with van der Waals surface area (Å²) in [6.45, 7) is 4.02. The molecule has 0 bridgehead atoms. The summed E-state index contributed by atoms with van der Waals surface area (Å²) in [5, 5.41) is 3.97. The molecule has 1 amide bonds. The Morgan fingerprint density at radius 3 is 2.29 bits per heavy atom. The molecule has 1 N–H and O–H groups in total. The van der Waals surface area contributed by atoms with Gasteiger partial charge in [-0.3, -0.25) is 4.79 Å². The number of amides is 1. The van der Waals surface area contributed by atoms with Gasteiger partial charge in [-0.15, -0.1) is 0 Å². The largest absolute Gasteiger partial charge is 0.326 e. The van der Waals surface area contributed by atoms with Gasteiger partial charge in [0.25, 0.3) is 0 Å². The Hall–Kier alpha value is -1.51. The van der Waals surface area contributed by atoms with Gasteiger partial charge in [0.05, 0.1) is 10.0 Å². The Balaban J connectivity index is 1.94. The molecule has 0 aliphatic carbocycles. The van der Waals surface area contributed by atoms with Crippen LogP contribution in [0, 0.1) is 13.8 Å². The molecule has 0 spiro atoms. The number of benzene rings is 2. The predicted molar refractivity (Wildman–Crippen MR) is 89.3 cm³/mol. The van der Waals surface area contributed by atoms with Crippen molar-refractivity contribution in [1.29, 1.82) is 0 Å². The number of rotatable bonds is 4. The summed E-state index contributed by atoms with van der Waals surface area (Å²) in [6, 6.07) is 11.4. The van der Waals surface area contributed by atoms with Gasteiger partial charge in [0.15, 0.2) is 0 Å². The van der Waals surface area contributed by atoms with Gasteiger partial charge in [0, 0.05) is 12.1 Å². The Labute approximate surface area is 135 Å². The molecule has 0 radical (unpaired) electrons.